The van der Waals surface area contributed by atoms with Crippen molar-refractivity contribution in [2.24, 2.45) is 4.99 Å². The number of aliphatic imine (C=N–C) groups is 1. The molecule has 0 spiro atoms. The Balaban J connectivity index is 1.22. The number of allylic oxidation sites excluding steroid dienone is 1. The molecular weight excluding hydrogens is 603 g/mol. The van der Waals surface area contributed by atoms with E-state index in [9.17, 15) is 20.2 Å². The number of hydrazine groups is 1. The first-order chi connectivity index (χ1) is 22.9. The van der Waals surface area contributed by atoms with Crippen molar-refractivity contribution in [3.63, 3.8) is 0 Å². The lowest BCUT2D eigenvalue weighted by molar-refractivity contribution is -0.385. The number of nitrogens with zero attached hydrogens (tertiary/aromatic N) is 5. The number of nitrogens with one attached hydrogen (secondary N) is 3. The number of nitro groups is 1. The molecule has 3 aliphatic rings. The van der Waals surface area contributed by atoms with Gasteiger partial charge in [0.15, 0.2) is 0 Å². The number of carbonyl (C=O) groups is 1. The second-order valence-electron chi connectivity index (χ2n) is 11.3. The molecule has 1 amide bonds. The van der Waals surface area contributed by atoms with Gasteiger partial charge in [-0.3, -0.25) is 25.2 Å². The fourth-order valence-corrected chi connectivity index (χ4v) is 6.11. The van der Waals surface area contributed by atoms with E-state index < -0.39 is 16.6 Å². The van der Waals surface area contributed by atoms with Crippen LogP contribution in [-0.4, -0.2) is 59.7 Å². The number of carbonyl (C=O) groups excluding carboxylic acids is 1. The summed E-state index contributed by atoms with van der Waals surface area (Å²) in [7, 11) is 0. The van der Waals surface area contributed by atoms with Crippen molar-refractivity contribution in [2.45, 2.75) is 24.5 Å². The van der Waals surface area contributed by atoms with Gasteiger partial charge in [0.05, 0.1) is 41.3 Å². The summed E-state index contributed by atoms with van der Waals surface area (Å²) in [6, 6.07) is 20.2. The van der Waals surface area contributed by atoms with Crippen LogP contribution in [0.15, 0.2) is 96.2 Å². The molecule has 0 radical (unpaired) electrons. The van der Waals surface area contributed by atoms with E-state index in [4.69, 9.17) is 9.73 Å². The summed E-state index contributed by atoms with van der Waals surface area (Å²) in [6.07, 6.45) is 8.52. The summed E-state index contributed by atoms with van der Waals surface area (Å²) in [4.78, 5) is 29.8. The molecule has 13 heteroatoms. The minimum atomic E-state index is -1.27. The number of amides is 1. The van der Waals surface area contributed by atoms with Gasteiger partial charge in [0, 0.05) is 68.4 Å². The average Bonchev–Trinajstić information content (AvgIpc) is 3.09. The Bertz CT molecular complexity index is 1770. The third kappa shape index (κ3) is 6.96. The molecule has 3 aromatic rings. The van der Waals surface area contributed by atoms with E-state index in [0.29, 0.717) is 43.9 Å². The van der Waals surface area contributed by atoms with E-state index in [1.165, 1.54) is 18.2 Å². The van der Waals surface area contributed by atoms with Gasteiger partial charge in [-0.05, 0) is 35.4 Å². The Kier molecular flexibility index (Phi) is 9.46. The maximum Gasteiger partial charge on any atom is 0.272 e. The summed E-state index contributed by atoms with van der Waals surface area (Å²) in [6.45, 7) is 2.81. The molecule has 12 nitrogen and oxygen atoms in total. The van der Waals surface area contributed by atoms with Crippen molar-refractivity contribution in [2.75, 3.05) is 32.8 Å². The van der Waals surface area contributed by atoms with Crippen LogP contribution in [0.4, 0.5) is 10.1 Å². The molecule has 3 unspecified atom stereocenters. The van der Waals surface area contributed by atoms with Gasteiger partial charge in [0.1, 0.15) is 5.82 Å². The van der Waals surface area contributed by atoms with Crippen LogP contribution in [0.1, 0.15) is 39.9 Å². The van der Waals surface area contributed by atoms with Crippen molar-refractivity contribution in [3.8, 4) is 6.07 Å². The lowest BCUT2D eigenvalue weighted by Gasteiger charge is -2.39. The van der Waals surface area contributed by atoms with E-state index in [2.05, 4.69) is 27.0 Å². The fourth-order valence-electron chi connectivity index (χ4n) is 6.11. The quantitative estimate of drug-likeness (QED) is 0.224. The lowest BCUT2D eigenvalue weighted by atomic mass is 9.99. The summed E-state index contributed by atoms with van der Waals surface area (Å²) < 4.78 is 21.6. The highest BCUT2D eigenvalue weighted by Crippen LogP contribution is 2.33. The highest BCUT2D eigenvalue weighted by molar-refractivity contribution is 5.88. The van der Waals surface area contributed by atoms with Gasteiger partial charge >= 0.3 is 0 Å². The number of rotatable bonds is 10. The van der Waals surface area contributed by atoms with Crippen LogP contribution in [0.2, 0.25) is 0 Å². The number of nitriles is 1. The number of ether oxygens (including phenoxy) is 1. The zero-order valence-electron chi connectivity index (χ0n) is 25.4. The molecule has 0 saturated carbocycles. The third-order valence-electron chi connectivity index (χ3n) is 8.44. The molecule has 1 saturated heterocycles. The van der Waals surface area contributed by atoms with Crippen LogP contribution in [0.3, 0.4) is 0 Å². The SMILES string of the molecule is N#Cc1ccc(C2C=CC(=O)NN2Cc2ccccc2C2(OCCN3CCNCC3c3ccc([N+](=O)[O-])cc3F)N=CC=CN2)cc1. The zero-order valence-corrected chi connectivity index (χ0v) is 25.4. The predicted molar refractivity (Wildman–Crippen MR) is 172 cm³/mol. The topological polar surface area (TPSA) is 148 Å². The zero-order chi connectivity index (χ0) is 32.8. The van der Waals surface area contributed by atoms with E-state index >= 15 is 4.39 Å². The van der Waals surface area contributed by atoms with Gasteiger partial charge in [-0.1, -0.05) is 42.5 Å². The molecular formula is C34H33FN8O4. The van der Waals surface area contributed by atoms with Gasteiger partial charge < -0.3 is 15.4 Å². The fraction of sp³-hybridized carbons (Fsp3) is 0.265. The number of hydrogen-bond donors (Lipinski definition) is 3. The molecule has 3 N–H and O–H groups in total. The summed E-state index contributed by atoms with van der Waals surface area (Å²) in [5.74, 6) is -2.13. The number of non-ortho nitro benzene ring substituents is 1. The van der Waals surface area contributed by atoms with E-state index in [-0.39, 0.29) is 30.3 Å². The van der Waals surface area contributed by atoms with Crippen LogP contribution < -0.4 is 16.1 Å². The molecule has 47 heavy (non-hydrogen) atoms. The molecule has 240 valence electrons. The lowest BCUT2D eigenvalue weighted by Crippen LogP contribution is -2.49. The monoisotopic (exact) mass is 636 g/mol. The van der Waals surface area contributed by atoms with Gasteiger partial charge in [-0.2, -0.15) is 5.26 Å². The predicted octanol–water partition coefficient (Wildman–Crippen LogP) is 3.71. The number of nitro benzene ring substituents is 1. The highest BCUT2D eigenvalue weighted by Gasteiger charge is 2.37. The van der Waals surface area contributed by atoms with Crippen LogP contribution in [0.5, 0.6) is 0 Å². The van der Waals surface area contributed by atoms with Crippen LogP contribution in [0, 0.1) is 27.3 Å². The molecule has 3 aliphatic heterocycles. The Hall–Kier alpha value is -5.26. The number of piperazine rings is 1. The summed E-state index contributed by atoms with van der Waals surface area (Å²) in [5.41, 5.74) is 6.12. The van der Waals surface area contributed by atoms with Gasteiger partial charge in [0.25, 0.3) is 17.4 Å². The van der Waals surface area contributed by atoms with Crippen molar-refractivity contribution in [1.82, 2.24) is 26.0 Å². The van der Waals surface area contributed by atoms with Crippen LogP contribution in [-0.2, 0) is 21.9 Å². The van der Waals surface area contributed by atoms with Crippen LogP contribution >= 0.6 is 0 Å². The second-order valence-corrected chi connectivity index (χ2v) is 11.3. The molecule has 0 aromatic heterocycles. The van der Waals surface area contributed by atoms with E-state index in [1.807, 2.05) is 47.5 Å². The van der Waals surface area contributed by atoms with Gasteiger partial charge in [0.2, 0.25) is 0 Å². The minimum Gasteiger partial charge on any atom is -0.341 e. The summed E-state index contributed by atoms with van der Waals surface area (Å²) >= 11 is 0. The van der Waals surface area contributed by atoms with E-state index in [1.54, 1.807) is 30.6 Å². The Labute approximate surface area is 271 Å². The molecule has 0 aliphatic carbocycles. The second kappa shape index (κ2) is 14.0. The van der Waals surface area contributed by atoms with Crippen molar-refractivity contribution in [3.05, 3.63) is 135 Å². The van der Waals surface area contributed by atoms with E-state index in [0.717, 1.165) is 22.8 Å². The third-order valence-corrected chi connectivity index (χ3v) is 8.44. The first-order valence-electron chi connectivity index (χ1n) is 15.2. The molecule has 3 aromatic carbocycles. The smallest absolute Gasteiger partial charge is 0.272 e. The summed E-state index contributed by atoms with van der Waals surface area (Å²) in [5, 5.41) is 28.8. The molecule has 6 rings (SSSR count). The van der Waals surface area contributed by atoms with Crippen molar-refractivity contribution in [1.29, 1.82) is 5.26 Å². The Morgan fingerprint density at radius 1 is 1.17 bits per heavy atom. The molecule has 3 heterocycles. The van der Waals surface area contributed by atoms with Gasteiger partial charge in [-0.25, -0.2) is 14.4 Å². The maximum absolute atomic E-state index is 15.0. The van der Waals surface area contributed by atoms with Crippen molar-refractivity contribution < 1.29 is 18.8 Å². The normalized spacial score (nSPS) is 22.8. The standard InChI is InChI=1S/C34H33FN8O4/c35-30-20-27(43(45)46)10-11-28(30)32-22-37-16-17-41(32)18-19-47-34(38-14-3-15-39-34)29-5-2-1-4-26(29)23-42-31(12-13-33(44)40-42)25-8-6-24(21-36)7-9-25/h1-15,20,31-32,37-38H,16-19,22-23H2,(H,40,44). The number of hydrogen-bond acceptors (Lipinski definition) is 10. The average molecular weight is 637 g/mol. The van der Waals surface area contributed by atoms with Crippen molar-refractivity contribution >= 4 is 17.8 Å². The highest BCUT2D eigenvalue weighted by atomic mass is 19.1. The minimum absolute atomic E-state index is 0.231. The molecule has 3 atom stereocenters. The first-order valence-corrected chi connectivity index (χ1v) is 15.2. The molecule has 1 fully saturated rings. The Morgan fingerprint density at radius 3 is 2.74 bits per heavy atom. The Morgan fingerprint density at radius 2 is 2.00 bits per heavy atom. The van der Waals surface area contributed by atoms with Gasteiger partial charge in [-0.15, -0.1) is 0 Å². The number of halogens is 1. The molecule has 0 bridgehead atoms. The maximum atomic E-state index is 15.0. The number of benzene rings is 3. The first kappa shape index (κ1) is 31.7. The largest absolute Gasteiger partial charge is 0.341 e. The van der Waals surface area contributed by atoms with Crippen LogP contribution in [0.25, 0.3) is 0 Å².